The summed E-state index contributed by atoms with van der Waals surface area (Å²) < 4.78 is 5.31. The summed E-state index contributed by atoms with van der Waals surface area (Å²) in [5, 5.41) is 15.3. The molecule has 0 aliphatic heterocycles. The van der Waals surface area contributed by atoms with Crippen LogP contribution in [0.3, 0.4) is 0 Å². The van der Waals surface area contributed by atoms with Gasteiger partial charge >= 0.3 is 0 Å². The number of nitriles is 1. The Balaban J connectivity index is 1.68. The average Bonchev–Trinajstić information content (AvgIpc) is 2.79. The molecule has 0 fully saturated rings. The summed E-state index contributed by atoms with van der Waals surface area (Å²) in [5.41, 5.74) is 1.57. The van der Waals surface area contributed by atoms with Crippen LogP contribution in [0.5, 0.6) is 5.75 Å². The molecule has 0 spiro atoms. The van der Waals surface area contributed by atoms with Gasteiger partial charge in [-0.25, -0.2) is 0 Å². The Morgan fingerprint density at radius 2 is 1.73 bits per heavy atom. The fourth-order valence-electron chi connectivity index (χ4n) is 2.72. The summed E-state index contributed by atoms with van der Waals surface area (Å²) in [5.74, 6) is 0.277. The molecule has 2 N–H and O–H groups in total. The molecular formula is C24H21N3O2S. The number of nitrogens with zero attached hydrogens (tertiary/aromatic N) is 1. The van der Waals surface area contributed by atoms with Crippen LogP contribution in [-0.2, 0) is 11.3 Å². The molecule has 0 aliphatic rings. The van der Waals surface area contributed by atoms with Gasteiger partial charge in [-0.3, -0.25) is 4.79 Å². The van der Waals surface area contributed by atoms with Crippen LogP contribution >= 0.6 is 11.8 Å². The number of carbonyl (C=O) groups excluding carboxylic acids is 1. The minimum Gasteiger partial charge on any atom is -0.496 e. The zero-order chi connectivity index (χ0) is 21.2. The van der Waals surface area contributed by atoms with E-state index in [1.807, 2.05) is 84.9 Å². The monoisotopic (exact) mass is 415 g/mol. The first-order valence-corrected chi connectivity index (χ1v) is 10.1. The van der Waals surface area contributed by atoms with Crippen molar-refractivity contribution in [2.45, 2.75) is 16.3 Å². The van der Waals surface area contributed by atoms with E-state index in [2.05, 4.69) is 10.6 Å². The number of nitrogens with one attached hydrogen (secondary N) is 2. The third kappa shape index (κ3) is 5.66. The Morgan fingerprint density at radius 1 is 1.03 bits per heavy atom. The van der Waals surface area contributed by atoms with Gasteiger partial charge in [0, 0.05) is 28.1 Å². The molecule has 3 aromatic carbocycles. The topological polar surface area (TPSA) is 74.1 Å². The van der Waals surface area contributed by atoms with Gasteiger partial charge < -0.3 is 15.4 Å². The summed E-state index contributed by atoms with van der Waals surface area (Å²) >= 11 is 1.55. The number of methoxy groups -OCH3 is 1. The van der Waals surface area contributed by atoms with Crippen LogP contribution in [0.1, 0.15) is 5.56 Å². The first kappa shape index (κ1) is 21.0. The van der Waals surface area contributed by atoms with Crippen LogP contribution in [0.2, 0.25) is 0 Å². The highest BCUT2D eigenvalue weighted by molar-refractivity contribution is 7.99. The maximum Gasteiger partial charge on any atom is 0.267 e. The molecule has 0 saturated carbocycles. The summed E-state index contributed by atoms with van der Waals surface area (Å²) in [6, 6.07) is 26.9. The van der Waals surface area contributed by atoms with E-state index in [1.54, 1.807) is 18.9 Å². The van der Waals surface area contributed by atoms with E-state index in [4.69, 9.17) is 4.74 Å². The van der Waals surface area contributed by atoms with Gasteiger partial charge in [-0.15, -0.1) is 0 Å². The molecular weight excluding hydrogens is 394 g/mol. The number of ether oxygens (including phenoxy) is 1. The standard InChI is InChI=1S/C24H21N3O2S/c1-29-22-13-7-5-9-18(22)16-26-17-19(15-25)24(28)27-21-12-6-8-14-23(21)30-20-10-3-2-4-11-20/h2-14,17,26H,16H2,1H3,(H,27,28)/b19-17-. The molecule has 5 nitrogen and oxygen atoms in total. The van der Waals surface area contributed by atoms with E-state index in [1.165, 1.54) is 6.20 Å². The highest BCUT2D eigenvalue weighted by Crippen LogP contribution is 2.33. The molecule has 150 valence electrons. The lowest BCUT2D eigenvalue weighted by Gasteiger charge is -2.11. The van der Waals surface area contributed by atoms with E-state index in [-0.39, 0.29) is 5.57 Å². The molecule has 30 heavy (non-hydrogen) atoms. The zero-order valence-electron chi connectivity index (χ0n) is 16.5. The zero-order valence-corrected chi connectivity index (χ0v) is 17.3. The van der Waals surface area contributed by atoms with Crippen molar-refractivity contribution in [3.63, 3.8) is 0 Å². The molecule has 0 unspecified atom stereocenters. The van der Waals surface area contributed by atoms with Crippen molar-refractivity contribution < 1.29 is 9.53 Å². The first-order chi connectivity index (χ1) is 14.7. The summed E-state index contributed by atoms with van der Waals surface area (Å²) in [6.45, 7) is 0.433. The van der Waals surface area contributed by atoms with Crippen LogP contribution < -0.4 is 15.4 Å². The SMILES string of the molecule is COc1ccccc1CN/C=C(/C#N)C(=O)Nc1ccccc1Sc1ccccc1. The quantitative estimate of drug-likeness (QED) is 0.401. The maximum atomic E-state index is 12.6. The minimum absolute atomic E-state index is 0.00980. The van der Waals surface area contributed by atoms with Crippen molar-refractivity contribution in [2.75, 3.05) is 12.4 Å². The van der Waals surface area contributed by atoms with Crippen LogP contribution in [0, 0.1) is 11.3 Å². The Hall–Kier alpha value is -3.69. The molecule has 0 radical (unpaired) electrons. The number of rotatable bonds is 8. The molecule has 0 bridgehead atoms. The second-order valence-corrected chi connectivity index (χ2v) is 7.34. The molecule has 0 atom stereocenters. The maximum absolute atomic E-state index is 12.6. The van der Waals surface area contributed by atoms with Gasteiger partial charge in [0.05, 0.1) is 12.8 Å². The largest absolute Gasteiger partial charge is 0.496 e. The van der Waals surface area contributed by atoms with E-state index in [9.17, 15) is 10.1 Å². The van der Waals surface area contributed by atoms with Gasteiger partial charge in [0.1, 0.15) is 17.4 Å². The van der Waals surface area contributed by atoms with Crippen LogP contribution in [0.4, 0.5) is 5.69 Å². The van der Waals surface area contributed by atoms with Gasteiger partial charge in [0.2, 0.25) is 0 Å². The van der Waals surface area contributed by atoms with Crippen LogP contribution in [0.25, 0.3) is 0 Å². The molecule has 3 rings (SSSR count). The smallest absolute Gasteiger partial charge is 0.267 e. The number of carbonyl (C=O) groups is 1. The van der Waals surface area contributed by atoms with Crippen LogP contribution in [-0.4, -0.2) is 13.0 Å². The van der Waals surface area contributed by atoms with Gasteiger partial charge in [0.15, 0.2) is 0 Å². The number of para-hydroxylation sites is 2. The molecule has 0 heterocycles. The number of anilines is 1. The molecule has 6 heteroatoms. The van der Waals surface area contributed by atoms with E-state index in [0.29, 0.717) is 12.2 Å². The lowest BCUT2D eigenvalue weighted by atomic mass is 10.2. The molecule has 0 aromatic heterocycles. The van der Waals surface area contributed by atoms with Gasteiger partial charge in [-0.2, -0.15) is 5.26 Å². The number of hydrogen-bond donors (Lipinski definition) is 2. The fourth-order valence-corrected chi connectivity index (χ4v) is 3.65. The van der Waals surface area contributed by atoms with Crippen molar-refractivity contribution in [1.29, 1.82) is 5.26 Å². The van der Waals surface area contributed by atoms with Crippen molar-refractivity contribution in [2.24, 2.45) is 0 Å². The molecule has 0 aliphatic carbocycles. The van der Waals surface area contributed by atoms with E-state index in [0.717, 1.165) is 21.1 Å². The predicted molar refractivity (Wildman–Crippen MR) is 119 cm³/mol. The predicted octanol–water partition coefficient (Wildman–Crippen LogP) is 4.98. The molecule has 1 amide bonds. The normalized spacial score (nSPS) is 10.7. The third-order valence-electron chi connectivity index (χ3n) is 4.20. The number of amides is 1. The Kier molecular flexibility index (Phi) is 7.53. The molecule has 3 aromatic rings. The summed E-state index contributed by atoms with van der Waals surface area (Å²) in [7, 11) is 1.60. The second-order valence-electron chi connectivity index (χ2n) is 6.23. The van der Waals surface area contributed by atoms with E-state index < -0.39 is 5.91 Å². The van der Waals surface area contributed by atoms with Crippen molar-refractivity contribution in [3.05, 3.63) is 96.2 Å². The summed E-state index contributed by atoms with van der Waals surface area (Å²) in [4.78, 5) is 14.6. The fraction of sp³-hybridized carbons (Fsp3) is 0.0833. The van der Waals surface area contributed by atoms with E-state index >= 15 is 0 Å². The van der Waals surface area contributed by atoms with Gasteiger partial charge in [-0.05, 0) is 30.3 Å². The van der Waals surface area contributed by atoms with Gasteiger partial charge in [-0.1, -0.05) is 60.3 Å². The lowest BCUT2D eigenvalue weighted by molar-refractivity contribution is -0.112. The molecule has 0 saturated heterocycles. The highest BCUT2D eigenvalue weighted by Gasteiger charge is 2.12. The van der Waals surface area contributed by atoms with Crippen molar-refractivity contribution in [3.8, 4) is 11.8 Å². The Bertz CT molecular complexity index is 1080. The summed E-state index contributed by atoms with van der Waals surface area (Å²) in [6.07, 6.45) is 1.43. The highest BCUT2D eigenvalue weighted by atomic mass is 32.2. The number of hydrogen-bond acceptors (Lipinski definition) is 5. The second kappa shape index (κ2) is 10.7. The van der Waals surface area contributed by atoms with Crippen molar-refractivity contribution >= 4 is 23.4 Å². The Morgan fingerprint density at radius 3 is 2.50 bits per heavy atom. The first-order valence-electron chi connectivity index (χ1n) is 9.30. The Labute approximate surface area is 180 Å². The third-order valence-corrected chi connectivity index (χ3v) is 5.29. The number of benzene rings is 3. The van der Waals surface area contributed by atoms with Gasteiger partial charge in [0.25, 0.3) is 5.91 Å². The minimum atomic E-state index is -0.467. The lowest BCUT2D eigenvalue weighted by Crippen LogP contribution is -2.17. The van der Waals surface area contributed by atoms with Crippen molar-refractivity contribution in [1.82, 2.24) is 5.32 Å². The average molecular weight is 416 g/mol. The van der Waals surface area contributed by atoms with Crippen LogP contribution in [0.15, 0.2) is 100 Å².